The molecule has 3 aromatic heterocycles. The number of carbonyl (C=O) groups excluding carboxylic acids is 1. The summed E-state index contributed by atoms with van der Waals surface area (Å²) in [4.78, 5) is 28.7. The molecule has 0 atom stereocenters. The average Bonchev–Trinajstić information content (AvgIpc) is 3.25. The van der Waals surface area contributed by atoms with Crippen molar-refractivity contribution in [2.24, 2.45) is 5.41 Å². The van der Waals surface area contributed by atoms with Crippen LogP contribution < -0.4 is 10.2 Å². The molecule has 2 aliphatic carbocycles. The lowest BCUT2D eigenvalue weighted by Crippen LogP contribution is -2.46. The van der Waals surface area contributed by atoms with Crippen LogP contribution in [0.1, 0.15) is 56.2 Å². The van der Waals surface area contributed by atoms with Crippen molar-refractivity contribution in [1.82, 2.24) is 24.6 Å². The normalized spacial score (nSPS) is 21.3. The Morgan fingerprint density at radius 2 is 1.90 bits per heavy atom. The van der Waals surface area contributed by atoms with Gasteiger partial charge in [0.15, 0.2) is 5.65 Å². The van der Waals surface area contributed by atoms with Gasteiger partial charge >= 0.3 is 0 Å². The highest BCUT2D eigenvalue weighted by atomic mass is 16.2. The van der Waals surface area contributed by atoms with Crippen LogP contribution in [-0.4, -0.2) is 37.5 Å². The first-order valence-corrected chi connectivity index (χ1v) is 10.7. The van der Waals surface area contributed by atoms with Gasteiger partial charge in [-0.2, -0.15) is 5.10 Å². The second-order valence-electron chi connectivity index (χ2n) is 9.29. The summed E-state index contributed by atoms with van der Waals surface area (Å²) in [7, 11) is 1.85. The van der Waals surface area contributed by atoms with E-state index in [9.17, 15) is 4.79 Å². The smallest absolute Gasteiger partial charge is 0.239 e. The molecule has 1 amide bonds. The predicted octanol–water partition coefficient (Wildman–Crippen LogP) is 3.53. The molecule has 0 bridgehead atoms. The summed E-state index contributed by atoms with van der Waals surface area (Å²) in [5, 5.41) is 7.54. The van der Waals surface area contributed by atoms with Gasteiger partial charge in [0.05, 0.1) is 34.9 Å². The monoisotopic (exact) mass is 403 g/mol. The standard InChI is InChI=1S/C22H25N7O/c1-14-10-17-24-13-25-29(17)12-15(14)26-20-23-11-16-18(27-20)22(19(30)28(16)2)8-6-21(7-9-22)4-3-5-21/h10-13H,3-9H2,1-2H3,(H,23,26,27). The number of fused-ring (bicyclic) bond motifs is 3. The van der Waals surface area contributed by atoms with E-state index >= 15 is 0 Å². The molecule has 8 nitrogen and oxygen atoms in total. The zero-order valence-corrected chi connectivity index (χ0v) is 17.4. The predicted molar refractivity (Wildman–Crippen MR) is 113 cm³/mol. The molecule has 30 heavy (non-hydrogen) atoms. The lowest BCUT2D eigenvalue weighted by atomic mass is 9.55. The Labute approximate surface area is 174 Å². The minimum atomic E-state index is -0.491. The molecular weight excluding hydrogens is 378 g/mol. The molecule has 6 rings (SSSR count). The van der Waals surface area contributed by atoms with Gasteiger partial charge in [0.25, 0.3) is 0 Å². The van der Waals surface area contributed by atoms with Crippen LogP contribution >= 0.6 is 0 Å². The average molecular weight is 403 g/mol. The maximum Gasteiger partial charge on any atom is 0.239 e. The number of amides is 1. The van der Waals surface area contributed by atoms with E-state index in [2.05, 4.69) is 20.4 Å². The Bertz CT molecular complexity index is 1170. The molecule has 154 valence electrons. The summed E-state index contributed by atoms with van der Waals surface area (Å²) in [6, 6.07) is 1.97. The Morgan fingerprint density at radius 3 is 2.63 bits per heavy atom. The van der Waals surface area contributed by atoms with Crippen LogP contribution in [0.25, 0.3) is 5.65 Å². The first-order valence-electron chi connectivity index (χ1n) is 10.7. The van der Waals surface area contributed by atoms with Crippen molar-refractivity contribution in [3.8, 4) is 0 Å². The van der Waals surface area contributed by atoms with Crippen molar-refractivity contribution in [2.75, 3.05) is 17.3 Å². The third-order valence-electron chi connectivity index (χ3n) is 7.75. The fraction of sp³-hybridized carbons (Fsp3) is 0.500. The summed E-state index contributed by atoms with van der Waals surface area (Å²) in [5.74, 6) is 0.695. The highest BCUT2D eigenvalue weighted by Crippen LogP contribution is 2.59. The van der Waals surface area contributed by atoms with Crippen molar-refractivity contribution >= 4 is 28.9 Å². The molecule has 1 N–H and O–H groups in total. The van der Waals surface area contributed by atoms with Gasteiger partial charge in [-0.1, -0.05) is 6.42 Å². The zero-order chi connectivity index (χ0) is 20.5. The molecular formula is C22H25N7O. The largest absolute Gasteiger partial charge is 0.323 e. The van der Waals surface area contributed by atoms with Crippen LogP contribution in [0.15, 0.2) is 24.8 Å². The maximum absolute atomic E-state index is 13.3. The molecule has 0 aromatic carbocycles. The number of pyridine rings is 1. The molecule has 8 heteroatoms. The quantitative estimate of drug-likeness (QED) is 0.704. The van der Waals surface area contributed by atoms with E-state index in [4.69, 9.17) is 4.98 Å². The molecule has 0 saturated heterocycles. The molecule has 3 aliphatic rings. The van der Waals surface area contributed by atoms with Crippen LogP contribution in [0.3, 0.4) is 0 Å². The Morgan fingerprint density at radius 1 is 1.10 bits per heavy atom. The third-order valence-corrected chi connectivity index (χ3v) is 7.75. The Kier molecular flexibility index (Phi) is 3.56. The van der Waals surface area contributed by atoms with Crippen molar-refractivity contribution in [3.63, 3.8) is 0 Å². The Hall–Kier alpha value is -3.03. The van der Waals surface area contributed by atoms with Crippen LogP contribution in [0.2, 0.25) is 0 Å². The molecule has 0 unspecified atom stereocenters. The minimum Gasteiger partial charge on any atom is -0.323 e. The van der Waals surface area contributed by atoms with Gasteiger partial charge in [0.2, 0.25) is 11.9 Å². The first kappa shape index (κ1) is 17.8. The highest BCUT2D eigenvalue weighted by molar-refractivity contribution is 6.07. The van der Waals surface area contributed by atoms with Gasteiger partial charge in [0.1, 0.15) is 6.33 Å². The third kappa shape index (κ3) is 2.36. The SMILES string of the molecule is Cc1cc2ncnn2cc1Nc1ncc2c(n1)C1(CCC3(CCC3)CC1)C(=O)N2C. The maximum atomic E-state index is 13.3. The van der Waals surface area contributed by atoms with Crippen LogP contribution in [-0.2, 0) is 10.2 Å². The second-order valence-corrected chi connectivity index (χ2v) is 9.29. The van der Waals surface area contributed by atoms with E-state index in [1.54, 1.807) is 15.6 Å². The summed E-state index contributed by atoms with van der Waals surface area (Å²) < 4.78 is 1.72. The van der Waals surface area contributed by atoms with Crippen molar-refractivity contribution in [3.05, 3.63) is 36.0 Å². The fourth-order valence-electron chi connectivity index (χ4n) is 5.61. The van der Waals surface area contributed by atoms with E-state index in [0.717, 1.165) is 54.0 Å². The molecule has 4 heterocycles. The van der Waals surface area contributed by atoms with E-state index in [-0.39, 0.29) is 5.91 Å². The van der Waals surface area contributed by atoms with Crippen molar-refractivity contribution in [1.29, 1.82) is 0 Å². The summed E-state index contributed by atoms with van der Waals surface area (Å²) >= 11 is 0. The molecule has 2 spiro atoms. The molecule has 2 saturated carbocycles. The Balaban J connectivity index is 1.36. The summed E-state index contributed by atoms with van der Waals surface area (Å²) in [6.07, 6.45) is 13.2. The molecule has 3 aromatic rings. The first-order chi connectivity index (χ1) is 14.5. The zero-order valence-electron chi connectivity index (χ0n) is 17.4. The minimum absolute atomic E-state index is 0.179. The van der Waals surface area contributed by atoms with Gasteiger partial charge < -0.3 is 10.2 Å². The lowest BCUT2D eigenvalue weighted by Gasteiger charge is -2.49. The second kappa shape index (κ2) is 6.00. The number of anilines is 3. The number of aromatic nitrogens is 5. The van der Waals surface area contributed by atoms with Gasteiger partial charge in [-0.15, -0.1) is 0 Å². The topological polar surface area (TPSA) is 88.3 Å². The van der Waals surface area contributed by atoms with E-state index in [1.165, 1.54) is 25.6 Å². The molecule has 0 radical (unpaired) electrons. The molecule has 1 aliphatic heterocycles. The van der Waals surface area contributed by atoms with Crippen LogP contribution in [0, 0.1) is 12.3 Å². The fourth-order valence-corrected chi connectivity index (χ4v) is 5.61. The lowest BCUT2D eigenvalue weighted by molar-refractivity contribution is -0.125. The number of nitrogens with zero attached hydrogens (tertiary/aromatic N) is 6. The number of hydrogen-bond acceptors (Lipinski definition) is 6. The van der Waals surface area contributed by atoms with Gasteiger partial charge in [0, 0.05) is 7.05 Å². The summed E-state index contributed by atoms with van der Waals surface area (Å²) in [6.45, 7) is 2.02. The number of aryl methyl sites for hydroxylation is 1. The molecule has 2 fully saturated rings. The van der Waals surface area contributed by atoms with Gasteiger partial charge in [-0.25, -0.2) is 19.5 Å². The van der Waals surface area contributed by atoms with Gasteiger partial charge in [-0.05, 0) is 62.5 Å². The van der Waals surface area contributed by atoms with Crippen molar-refractivity contribution in [2.45, 2.75) is 57.3 Å². The van der Waals surface area contributed by atoms with Crippen LogP contribution in [0.4, 0.5) is 17.3 Å². The number of likely N-dealkylation sites (N-methyl/N-ethyl adjacent to an activating group) is 1. The van der Waals surface area contributed by atoms with E-state index < -0.39 is 5.41 Å². The number of nitrogens with one attached hydrogen (secondary N) is 1. The van der Waals surface area contributed by atoms with Crippen molar-refractivity contribution < 1.29 is 4.79 Å². The highest BCUT2D eigenvalue weighted by Gasteiger charge is 2.56. The van der Waals surface area contributed by atoms with E-state index in [1.807, 2.05) is 26.2 Å². The number of rotatable bonds is 2. The summed E-state index contributed by atoms with van der Waals surface area (Å²) in [5.41, 5.74) is 4.44. The van der Waals surface area contributed by atoms with Gasteiger partial charge in [-0.3, -0.25) is 4.79 Å². The van der Waals surface area contributed by atoms with E-state index in [0.29, 0.717) is 11.4 Å². The number of carbonyl (C=O) groups is 1. The number of hydrogen-bond donors (Lipinski definition) is 1. The van der Waals surface area contributed by atoms with Crippen LogP contribution in [0.5, 0.6) is 0 Å².